The Morgan fingerprint density at radius 3 is 2.70 bits per heavy atom. The standard InChI is InChI=1S/C15H15FN2O2/c16-14-9-17-7-6-13(14)15(20)18-12(10-19)8-11-4-2-1-3-5-11/h1-7,9,12,19H,8,10H2,(H,18,20)/t12-/m0/s1. The zero-order valence-electron chi connectivity index (χ0n) is 10.8. The highest BCUT2D eigenvalue weighted by molar-refractivity contribution is 5.94. The van der Waals surface area contributed by atoms with Crippen LogP contribution in [-0.2, 0) is 6.42 Å². The molecule has 0 fully saturated rings. The maximum atomic E-state index is 13.4. The lowest BCUT2D eigenvalue weighted by Crippen LogP contribution is -2.39. The molecule has 0 saturated heterocycles. The third-order valence-electron chi connectivity index (χ3n) is 2.90. The van der Waals surface area contributed by atoms with Crippen LogP contribution in [0.25, 0.3) is 0 Å². The summed E-state index contributed by atoms with van der Waals surface area (Å²) in [7, 11) is 0. The van der Waals surface area contributed by atoms with Gasteiger partial charge in [0.1, 0.15) is 0 Å². The maximum absolute atomic E-state index is 13.4. The second kappa shape index (κ2) is 6.77. The number of aromatic nitrogens is 1. The van der Waals surface area contributed by atoms with Crippen LogP contribution in [0.3, 0.4) is 0 Å². The van der Waals surface area contributed by atoms with E-state index in [0.717, 1.165) is 11.8 Å². The van der Waals surface area contributed by atoms with Gasteiger partial charge in [0.25, 0.3) is 5.91 Å². The van der Waals surface area contributed by atoms with Crippen LogP contribution < -0.4 is 5.32 Å². The van der Waals surface area contributed by atoms with Gasteiger partial charge in [-0.3, -0.25) is 9.78 Å². The molecule has 2 N–H and O–H groups in total. The summed E-state index contributed by atoms with van der Waals surface area (Å²) in [5.41, 5.74) is 0.911. The Kier molecular flexibility index (Phi) is 4.79. The molecule has 0 radical (unpaired) electrons. The van der Waals surface area contributed by atoms with Crippen molar-refractivity contribution in [2.24, 2.45) is 0 Å². The van der Waals surface area contributed by atoms with E-state index in [1.807, 2.05) is 30.3 Å². The third-order valence-corrected chi connectivity index (χ3v) is 2.90. The lowest BCUT2D eigenvalue weighted by atomic mass is 10.1. The predicted octanol–water partition coefficient (Wildman–Crippen LogP) is 1.55. The molecule has 1 aromatic carbocycles. The number of nitrogens with zero attached hydrogens (tertiary/aromatic N) is 1. The molecule has 2 aromatic rings. The van der Waals surface area contributed by atoms with Crippen molar-refractivity contribution in [1.29, 1.82) is 0 Å². The molecule has 20 heavy (non-hydrogen) atoms. The molecule has 104 valence electrons. The number of benzene rings is 1. The molecule has 0 spiro atoms. The zero-order chi connectivity index (χ0) is 14.4. The number of rotatable bonds is 5. The summed E-state index contributed by atoms with van der Waals surface area (Å²) in [4.78, 5) is 15.5. The lowest BCUT2D eigenvalue weighted by molar-refractivity contribution is 0.0912. The van der Waals surface area contributed by atoms with Gasteiger partial charge in [-0.25, -0.2) is 4.39 Å². The number of halogens is 1. The first kappa shape index (κ1) is 14.1. The second-order valence-electron chi connectivity index (χ2n) is 4.40. The van der Waals surface area contributed by atoms with Crippen molar-refractivity contribution in [2.45, 2.75) is 12.5 Å². The number of nitrogens with one attached hydrogen (secondary N) is 1. The fourth-order valence-corrected chi connectivity index (χ4v) is 1.88. The van der Waals surface area contributed by atoms with Crippen LogP contribution in [0.2, 0.25) is 0 Å². The van der Waals surface area contributed by atoms with E-state index in [-0.39, 0.29) is 12.2 Å². The summed E-state index contributed by atoms with van der Waals surface area (Å²) >= 11 is 0. The minimum atomic E-state index is -0.679. The average Bonchev–Trinajstić information content (AvgIpc) is 2.48. The number of aliphatic hydroxyl groups excluding tert-OH is 1. The van der Waals surface area contributed by atoms with Gasteiger partial charge in [0.05, 0.1) is 24.4 Å². The number of carbonyl (C=O) groups excluding carboxylic acids is 1. The molecule has 1 atom stereocenters. The Balaban J connectivity index is 2.03. The summed E-state index contributed by atoms with van der Waals surface area (Å²) in [6, 6.07) is 10.3. The first-order valence-electron chi connectivity index (χ1n) is 6.26. The summed E-state index contributed by atoms with van der Waals surface area (Å²) < 4.78 is 13.4. The van der Waals surface area contributed by atoms with Crippen molar-refractivity contribution in [3.05, 3.63) is 65.7 Å². The van der Waals surface area contributed by atoms with E-state index in [4.69, 9.17) is 0 Å². The van der Waals surface area contributed by atoms with E-state index in [2.05, 4.69) is 10.3 Å². The fraction of sp³-hybridized carbons (Fsp3) is 0.200. The van der Waals surface area contributed by atoms with Crippen molar-refractivity contribution in [3.8, 4) is 0 Å². The van der Waals surface area contributed by atoms with Crippen molar-refractivity contribution in [2.75, 3.05) is 6.61 Å². The van der Waals surface area contributed by atoms with Gasteiger partial charge in [-0.05, 0) is 18.1 Å². The number of pyridine rings is 1. The summed E-state index contributed by atoms with van der Waals surface area (Å²) in [6.07, 6.45) is 2.82. The molecule has 4 nitrogen and oxygen atoms in total. The molecule has 0 saturated carbocycles. The topological polar surface area (TPSA) is 62.2 Å². The largest absolute Gasteiger partial charge is 0.394 e. The molecule has 0 aliphatic heterocycles. The molecule has 5 heteroatoms. The van der Waals surface area contributed by atoms with E-state index >= 15 is 0 Å². The summed E-state index contributed by atoms with van der Waals surface area (Å²) in [5.74, 6) is -1.23. The number of hydrogen-bond donors (Lipinski definition) is 2. The first-order chi connectivity index (χ1) is 9.70. The highest BCUT2D eigenvalue weighted by Crippen LogP contribution is 2.07. The number of aliphatic hydroxyl groups is 1. The van der Waals surface area contributed by atoms with Crippen LogP contribution in [0.15, 0.2) is 48.8 Å². The highest BCUT2D eigenvalue weighted by atomic mass is 19.1. The van der Waals surface area contributed by atoms with Crippen molar-refractivity contribution < 1.29 is 14.3 Å². The monoisotopic (exact) mass is 274 g/mol. The van der Waals surface area contributed by atoms with Gasteiger partial charge in [-0.1, -0.05) is 30.3 Å². The van der Waals surface area contributed by atoms with E-state index < -0.39 is 17.8 Å². The lowest BCUT2D eigenvalue weighted by Gasteiger charge is -2.16. The zero-order valence-corrected chi connectivity index (χ0v) is 10.8. The van der Waals surface area contributed by atoms with Crippen LogP contribution in [0.4, 0.5) is 4.39 Å². The minimum absolute atomic E-state index is 0.0773. The Bertz CT molecular complexity index is 575. The van der Waals surface area contributed by atoms with Crippen LogP contribution in [0.5, 0.6) is 0 Å². The van der Waals surface area contributed by atoms with E-state index in [0.29, 0.717) is 6.42 Å². The molecule has 0 aliphatic carbocycles. The normalized spacial score (nSPS) is 11.9. The highest BCUT2D eigenvalue weighted by Gasteiger charge is 2.16. The average molecular weight is 274 g/mol. The van der Waals surface area contributed by atoms with Crippen LogP contribution in [-0.4, -0.2) is 28.6 Å². The third kappa shape index (κ3) is 3.61. The van der Waals surface area contributed by atoms with Gasteiger partial charge in [-0.15, -0.1) is 0 Å². The van der Waals surface area contributed by atoms with E-state index in [1.165, 1.54) is 12.3 Å². The Morgan fingerprint density at radius 2 is 2.05 bits per heavy atom. The molecule has 1 amide bonds. The molecular weight excluding hydrogens is 259 g/mol. The first-order valence-corrected chi connectivity index (χ1v) is 6.26. The van der Waals surface area contributed by atoms with Gasteiger partial charge in [-0.2, -0.15) is 0 Å². The van der Waals surface area contributed by atoms with Crippen molar-refractivity contribution in [1.82, 2.24) is 10.3 Å². The van der Waals surface area contributed by atoms with Crippen LogP contribution >= 0.6 is 0 Å². The van der Waals surface area contributed by atoms with Gasteiger partial charge in [0.15, 0.2) is 5.82 Å². The Labute approximate surface area is 116 Å². The Morgan fingerprint density at radius 1 is 1.30 bits per heavy atom. The molecule has 0 aliphatic rings. The summed E-state index contributed by atoms with van der Waals surface area (Å²) in [5, 5.41) is 11.9. The molecule has 2 rings (SSSR count). The van der Waals surface area contributed by atoms with Gasteiger partial charge >= 0.3 is 0 Å². The number of hydrogen-bond acceptors (Lipinski definition) is 3. The van der Waals surface area contributed by atoms with Crippen molar-refractivity contribution in [3.63, 3.8) is 0 Å². The molecule has 1 heterocycles. The number of carbonyl (C=O) groups is 1. The van der Waals surface area contributed by atoms with Gasteiger partial charge in [0.2, 0.25) is 0 Å². The van der Waals surface area contributed by atoms with E-state index in [1.54, 1.807) is 0 Å². The van der Waals surface area contributed by atoms with E-state index in [9.17, 15) is 14.3 Å². The predicted molar refractivity (Wildman–Crippen MR) is 72.7 cm³/mol. The van der Waals surface area contributed by atoms with Gasteiger partial charge in [0, 0.05) is 6.20 Å². The maximum Gasteiger partial charge on any atom is 0.254 e. The quantitative estimate of drug-likeness (QED) is 0.869. The Hall–Kier alpha value is -2.27. The minimum Gasteiger partial charge on any atom is -0.394 e. The van der Waals surface area contributed by atoms with Crippen LogP contribution in [0, 0.1) is 5.82 Å². The van der Waals surface area contributed by atoms with Gasteiger partial charge < -0.3 is 10.4 Å². The fourth-order valence-electron chi connectivity index (χ4n) is 1.88. The molecule has 1 aromatic heterocycles. The number of amides is 1. The second-order valence-corrected chi connectivity index (χ2v) is 4.40. The molecule has 0 unspecified atom stereocenters. The molecule has 0 bridgehead atoms. The van der Waals surface area contributed by atoms with Crippen LogP contribution in [0.1, 0.15) is 15.9 Å². The SMILES string of the molecule is O=C(N[C@H](CO)Cc1ccccc1)c1ccncc1F. The molecular formula is C15H15FN2O2. The van der Waals surface area contributed by atoms with Crippen molar-refractivity contribution >= 4 is 5.91 Å². The summed E-state index contributed by atoms with van der Waals surface area (Å²) in [6.45, 7) is -0.215. The smallest absolute Gasteiger partial charge is 0.254 e.